The highest BCUT2D eigenvalue weighted by Crippen LogP contribution is 2.37. The molecule has 1 aliphatic carbocycles. The zero-order valence-corrected chi connectivity index (χ0v) is 19.3. The van der Waals surface area contributed by atoms with Crippen molar-refractivity contribution in [2.75, 3.05) is 22.6 Å². The van der Waals surface area contributed by atoms with Crippen molar-refractivity contribution >= 4 is 23.4 Å². The molecule has 0 saturated heterocycles. The van der Waals surface area contributed by atoms with Gasteiger partial charge in [0, 0.05) is 25.9 Å². The summed E-state index contributed by atoms with van der Waals surface area (Å²) in [5.74, 6) is 0.861. The zero-order valence-electron chi connectivity index (χ0n) is 19.3. The molecule has 1 unspecified atom stereocenters. The van der Waals surface area contributed by atoms with Gasteiger partial charge in [0.05, 0.1) is 17.5 Å². The molecule has 3 heterocycles. The quantitative estimate of drug-likeness (QED) is 0.578. The molecule has 2 atom stereocenters. The Balaban J connectivity index is 1.40. The number of aromatic nitrogens is 3. The van der Waals surface area contributed by atoms with Crippen LogP contribution < -0.4 is 20.3 Å². The van der Waals surface area contributed by atoms with Gasteiger partial charge in [0.2, 0.25) is 11.9 Å². The van der Waals surface area contributed by atoms with Gasteiger partial charge in [-0.2, -0.15) is 18.2 Å². The minimum Gasteiger partial charge on any atom is -0.489 e. The van der Waals surface area contributed by atoms with Crippen LogP contribution in [0, 0.1) is 6.92 Å². The van der Waals surface area contributed by atoms with E-state index in [0.717, 1.165) is 12.3 Å². The number of alkyl halides is 3. The van der Waals surface area contributed by atoms with Crippen molar-refractivity contribution in [3.8, 4) is 5.75 Å². The SMILES string of the molecule is CCC(C)(O)[C@@H]1C(=O)Nc2c(C)nc(N[C@H]3C[C@H](Oc4ccc(C(F)(F)F)nc4)C3)nc2N1C. The van der Waals surface area contributed by atoms with Crippen LogP contribution in [0.3, 0.4) is 0 Å². The summed E-state index contributed by atoms with van der Waals surface area (Å²) in [5, 5.41) is 16.8. The number of likely N-dealkylation sites (N-methyl/N-ethyl adjacent to an activating group) is 1. The summed E-state index contributed by atoms with van der Waals surface area (Å²) in [5.41, 5.74) is -1.11. The summed E-state index contributed by atoms with van der Waals surface area (Å²) < 4.78 is 43.6. The number of hydrogen-bond acceptors (Lipinski definition) is 8. The lowest BCUT2D eigenvalue weighted by atomic mass is 9.89. The van der Waals surface area contributed by atoms with E-state index in [1.165, 1.54) is 6.07 Å². The van der Waals surface area contributed by atoms with E-state index in [-0.39, 0.29) is 23.8 Å². The second-order valence-corrected chi connectivity index (χ2v) is 8.97. The van der Waals surface area contributed by atoms with Crippen LogP contribution in [-0.4, -0.2) is 56.8 Å². The van der Waals surface area contributed by atoms with Gasteiger partial charge in [0.25, 0.3) is 0 Å². The second kappa shape index (κ2) is 8.57. The Morgan fingerprint density at radius 1 is 1.29 bits per heavy atom. The van der Waals surface area contributed by atoms with Gasteiger partial charge in [0.1, 0.15) is 29.3 Å². The zero-order chi connectivity index (χ0) is 24.8. The van der Waals surface area contributed by atoms with E-state index in [4.69, 9.17) is 4.74 Å². The number of fused-ring (bicyclic) bond motifs is 1. The highest BCUT2D eigenvalue weighted by atomic mass is 19.4. The third-order valence-electron chi connectivity index (χ3n) is 6.35. The lowest BCUT2D eigenvalue weighted by Gasteiger charge is -2.42. The van der Waals surface area contributed by atoms with Crippen molar-refractivity contribution in [3.05, 3.63) is 29.7 Å². The molecular weight excluding hydrogens is 453 g/mol. The number of nitrogens with one attached hydrogen (secondary N) is 2. The van der Waals surface area contributed by atoms with Crippen molar-refractivity contribution in [2.45, 2.75) is 70.0 Å². The Labute approximate surface area is 194 Å². The molecule has 4 rings (SSSR count). The van der Waals surface area contributed by atoms with E-state index in [1.54, 1.807) is 25.8 Å². The third kappa shape index (κ3) is 4.59. The molecule has 1 aliphatic heterocycles. The highest BCUT2D eigenvalue weighted by Gasteiger charge is 2.44. The average Bonchev–Trinajstić information content (AvgIpc) is 2.73. The highest BCUT2D eigenvalue weighted by molar-refractivity contribution is 6.04. The number of amides is 1. The maximum Gasteiger partial charge on any atom is 0.433 e. The molecule has 2 aromatic rings. The third-order valence-corrected chi connectivity index (χ3v) is 6.35. The molecule has 2 aromatic heterocycles. The normalized spacial score (nSPS) is 23.9. The fourth-order valence-corrected chi connectivity index (χ4v) is 4.18. The summed E-state index contributed by atoms with van der Waals surface area (Å²) in [6, 6.07) is 1.37. The van der Waals surface area contributed by atoms with Gasteiger partial charge < -0.3 is 25.4 Å². The smallest absolute Gasteiger partial charge is 0.433 e. The summed E-state index contributed by atoms with van der Waals surface area (Å²) in [4.78, 5) is 26.7. The number of aliphatic hydroxyl groups is 1. The van der Waals surface area contributed by atoms with Crippen molar-refractivity contribution < 1.29 is 27.8 Å². The monoisotopic (exact) mass is 480 g/mol. The number of carbonyl (C=O) groups excluding carboxylic acids is 1. The molecule has 2 aliphatic rings. The van der Waals surface area contributed by atoms with Crippen molar-refractivity contribution in [3.63, 3.8) is 0 Å². The molecule has 0 aromatic carbocycles. The maximum absolute atomic E-state index is 12.6. The minimum absolute atomic E-state index is 0.0166. The molecule has 12 heteroatoms. The molecular formula is C22H27F3N6O3. The fourth-order valence-electron chi connectivity index (χ4n) is 4.18. The van der Waals surface area contributed by atoms with Crippen molar-refractivity contribution in [1.29, 1.82) is 0 Å². The maximum atomic E-state index is 12.6. The summed E-state index contributed by atoms with van der Waals surface area (Å²) in [6.07, 6.45) is -1.97. The summed E-state index contributed by atoms with van der Waals surface area (Å²) in [7, 11) is 1.72. The van der Waals surface area contributed by atoms with E-state index < -0.39 is 23.5 Å². The molecule has 1 fully saturated rings. The van der Waals surface area contributed by atoms with Gasteiger partial charge in [0.15, 0.2) is 5.82 Å². The van der Waals surface area contributed by atoms with E-state index in [9.17, 15) is 23.1 Å². The number of hydrogen-bond donors (Lipinski definition) is 3. The first-order valence-corrected chi connectivity index (χ1v) is 11.0. The number of rotatable bonds is 6. The summed E-state index contributed by atoms with van der Waals surface area (Å²) >= 11 is 0. The number of aryl methyl sites for hydroxylation is 1. The summed E-state index contributed by atoms with van der Waals surface area (Å²) in [6.45, 7) is 5.19. The number of anilines is 3. The van der Waals surface area contributed by atoms with Gasteiger partial charge in [-0.25, -0.2) is 9.97 Å². The Bertz CT molecular complexity index is 1070. The van der Waals surface area contributed by atoms with Crippen LogP contribution in [-0.2, 0) is 11.0 Å². The molecule has 0 radical (unpaired) electrons. The molecule has 0 bridgehead atoms. The van der Waals surface area contributed by atoms with E-state index >= 15 is 0 Å². The molecule has 1 amide bonds. The van der Waals surface area contributed by atoms with Gasteiger partial charge >= 0.3 is 6.18 Å². The fraction of sp³-hybridized carbons (Fsp3) is 0.545. The van der Waals surface area contributed by atoms with Crippen LogP contribution in [0.2, 0.25) is 0 Å². The van der Waals surface area contributed by atoms with E-state index in [0.29, 0.717) is 42.4 Å². The number of ether oxygens (including phenoxy) is 1. The predicted octanol–water partition coefficient (Wildman–Crippen LogP) is 3.14. The average molecular weight is 480 g/mol. The van der Waals surface area contributed by atoms with Gasteiger partial charge in [-0.3, -0.25) is 4.79 Å². The van der Waals surface area contributed by atoms with Crippen LogP contribution >= 0.6 is 0 Å². The molecule has 9 nitrogen and oxygen atoms in total. The Hall–Kier alpha value is -3.15. The van der Waals surface area contributed by atoms with Gasteiger partial charge in [-0.05, 0) is 32.4 Å². The first-order chi connectivity index (χ1) is 15.9. The van der Waals surface area contributed by atoms with Crippen LogP contribution in [0.15, 0.2) is 18.3 Å². The van der Waals surface area contributed by atoms with Crippen LogP contribution in [0.25, 0.3) is 0 Å². The molecule has 1 saturated carbocycles. The van der Waals surface area contributed by atoms with Crippen LogP contribution in [0.1, 0.15) is 44.5 Å². The molecule has 3 N–H and O–H groups in total. The first-order valence-electron chi connectivity index (χ1n) is 11.0. The largest absolute Gasteiger partial charge is 0.489 e. The predicted molar refractivity (Wildman–Crippen MR) is 119 cm³/mol. The van der Waals surface area contributed by atoms with Crippen molar-refractivity contribution in [2.24, 2.45) is 0 Å². The number of halogens is 3. The Kier molecular flexibility index (Phi) is 6.05. The van der Waals surface area contributed by atoms with Crippen LogP contribution in [0.4, 0.5) is 30.6 Å². The van der Waals surface area contributed by atoms with Gasteiger partial charge in [-0.15, -0.1) is 0 Å². The second-order valence-electron chi connectivity index (χ2n) is 8.97. The first kappa shape index (κ1) is 24.0. The number of nitrogens with zero attached hydrogens (tertiary/aromatic N) is 4. The number of carbonyl (C=O) groups is 1. The topological polar surface area (TPSA) is 112 Å². The molecule has 34 heavy (non-hydrogen) atoms. The van der Waals surface area contributed by atoms with Gasteiger partial charge in [-0.1, -0.05) is 6.92 Å². The van der Waals surface area contributed by atoms with E-state index in [1.807, 2.05) is 6.92 Å². The van der Waals surface area contributed by atoms with E-state index in [2.05, 4.69) is 25.6 Å². The molecule has 0 spiro atoms. The number of pyridine rings is 1. The Morgan fingerprint density at radius 2 is 2.00 bits per heavy atom. The minimum atomic E-state index is -4.49. The Morgan fingerprint density at radius 3 is 2.59 bits per heavy atom. The standard InChI is InChI=1S/C22H27F3N6O3/c1-5-21(3,33)17-19(32)29-16-11(2)27-20(30-18(16)31(17)4)28-12-8-14(9-12)34-13-6-7-15(26-10-13)22(23,24)25/h6-7,10,12,14,17,33H,5,8-9H2,1-4H3,(H,29,32)(H,27,28,30)/t12-,14-,17-,21?/m0/s1. The van der Waals surface area contributed by atoms with Crippen LogP contribution in [0.5, 0.6) is 5.75 Å². The molecule has 184 valence electrons. The lowest BCUT2D eigenvalue weighted by molar-refractivity contribution is -0.141. The lowest BCUT2D eigenvalue weighted by Crippen LogP contribution is -2.59. The van der Waals surface area contributed by atoms with Crippen molar-refractivity contribution in [1.82, 2.24) is 15.0 Å².